The molecule has 4 nitrogen and oxygen atoms in total. The molecule has 0 aliphatic heterocycles. The summed E-state index contributed by atoms with van der Waals surface area (Å²) in [5.41, 5.74) is 5.87. The molecule has 0 saturated heterocycles. The van der Waals surface area contributed by atoms with Gasteiger partial charge in [0.2, 0.25) is 0 Å². The van der Waals surface area contributed by atoms with Gasteiger partial charge in [-0.25, -0.2) is 0 Å². The largest absolute Gasteiger partial charge is 0.494 e. The van der Waals surface area contributed by atoms with Crippen molar-refractivity contribution in [3.63, 3.8) is 0 Å². The van der Waals surface area contributed by atoms with E-state index >= 15 is 0 Å². The van der Waals surface area contributed by atoms with Crippen LogP contribution in [0.25, 0.3) is 11.1 Å². The topological polar surface area (TPSA) is 58.9 Å². The molecule has 2 N–H and O–H groups in total. The molecule has 0 fully saturated rings. The molecule has 0 amide bonds. The zero-order valence-electron chi connectivity index (χ0n) is 65.5. The summed E-state index contributed by atoms with van der Waals surface area (Å²) in [6.07, 6.45) is 2.20. The molecule has 11 heteroatoms. The Hall–Kier alpha value is -9.78. The second-order valence-corrected chi connectivity index (χ2v) is 35.7. The predicted molar refractivity (Wildman–Crippen MR) is 509 cm³/mol. The molecule has 0 unspecified atom stereocenters. The van der Waals surface area contributed by atoms with Gasteiger partial charge in [-0.3, -0.25) is 0 Å². The van der Waals surface area contributed by atoms with Crippen molar-refractivity contribution >= 4 is 131 Å². The third-order valence-corrected chi connectivity index (χ3v) is 28.7. The fraction of sp³-hybridized carbons (Fsp3) is 0.0769. The van der Waals surface area contributed by atoms with Gasteiger partial charge in [0.25, 0.3) is 0 Å². The van der Waals surface area contributed by atoms with Crippen LogP contribution in [0, 0.1) is 3.57 Å². The van der Waals surface area contributed by atoms with E-state index in [1.807, 2.05) is 26.0 Å². The van der Waals surface area contributed by atoms with Crippen molar-refractivity contribution in [1.82, 2.24) is 0 Å². The molecule has 16 aromatic rings. The van der Waals surface area contributed by atoms with E-state index in [1.54, 1.807) is 24.3 Å². The van der Waals surface area contributed by atoms with Crippen LogP contribution in [0.4, 0.5) is 0 Å². The number of aryl methyl sites for hydroxylation is 2. The van der Waals surface area contributed by atoms with Crippen LogP contribution in [-0.2, 0) is 33.3 Å². The molecule has 0 spiro atoms. The van der Waals surface area contributed by atoms with Gasteiger partial charge in [0.05, 0.1) is 13.2 Å². The molecule has 0 heterocycles. The van der Waals surface area contributed by atoms with Crippen molar-refractivity contribution in [2.75, 3.05) is 13.2 Å². The third kappa shape index (κ3) is 28.9. The van der Waals surface area contributed by atoms with Gasteiger partial charge in [0, 0.05) is 24.0 Å². The SMILES string of the molecule is CCOc1ccc(-c2ccccc2CC)cc1.CCOc1ccc(B(O)O)cc1.CCc1ccccc1I.[Pd].c1ccc(P(c2ccccc2)c2ccccc2)cc1.c1ccc(P(c2ccccc2)c2ccccc2)cc1.c1ccc(P(c2ccccc2)c2ccccc2)cc1.c1ccc(P(c2ccccc2)c2ccccc2)cc1. The minimum Gasteiger partial charge on any atom is -0.494 e. The number of ether oxygens (including phenoxy) is 2. The molecule has 0 radical (unpaired) electrons. The van der Waals surface area contributed by atoms with Crippen molar-refractivity contribution in [1.29, 1.82) is 0 Å². The first-order valence-corrected chi connectivity index (χ1v) is 45.1. The minimum atomic E-state index is -1.40. The summed E-state index contributed by atoms with van der Waals surface area (Å²) in [6.45, 7) is 9.59. The average Bonchev–Trinajstić information content (AvgIpc) is 0.820. The van der Waals surface area contributed by atoms with E-state index in [2.05, 4.69) is 461 Å². The summed E-state index contributed by atoms with van der Waals surface area (Å²) in [5, 5.41) is 34.3. The van der Waals surface area contributed by atoms with Gasteiger partial charge >= 0.3 is 7.12 Å². The molecule has 16 rings (SSSR count). The molecule has 0 aliphatic carbocycles. The monoisotopic (exact) mass is 1780 g/mol. The molecule has 16 aromatic carbocycles. The number of rotatable bonds is 20. The Balaban J connectivity index is 0.000000155. The second-order valence-electron chi connectivity index (χ2n) is 25.7. The summed E-state index contributed by atoms with van der Waals surface area (Å²) in [4.78, 5) is 0. The van der Waals surface area contributed by atoms with Gasteiger partial charge < -0.3 is 19.5 Å². The Morgan fingerprint density at radius 2 is 0.426 bits per heavy atom. The molecule has 0 atom stereocenters. The number of hydrogen-bond donors (Lipinski definition) is 2. The van der Waals surface area contributed by atoms with Crippen LogP contribution in [-0.4, -0.2) is 30.4 Å². The first kappa shape index (κ1) is 89.2. The maximum absolute atomic E-state index is 8.76. The van der Waals surface area contributed by atoms with E-state index in [0.717, 1.165) is 24.3 Å². The van der Waals surface area contributed by atoms with Crippen LogP contribution < -0.4 is 78.6 Å². The number of benzene rings is 16. The Labute approximate surface area is 716 Å². The van der Waals surface area contributed by atoms with Crippen LogP contribution in [0.2, 0.25) is 0 Å². The van der Waals surface area contributed by atoms with Gasteiger partial charge in [0.1, 0.15) is 11.5 Å². The van der Waals surface area contributed by atoms with Crippen molar-refractivity contribution < 1.29 is 39.9 Å². The number of hydrogen-bond acceptors (Lipinski definition) is 4. The van der Waals surface area contributed by atoms with Gasteiger partial charge in [-0.15, -0.1) is 0 Å². The zero-order chi connectivity index (χ0) is 79.4. The Morgan fingerprint density at radius 3 is 0.617 bits per heavy atom. The molecule has 0 aliphatic rings. The Kier molecular flexibility index (Phi) is 39.7. The Morgan fingerprint density at radius 1 is 0.235 bits per heavy atom. The van der Waals surface area contributed by atoms with Crippen molar-refractivity contribution in [2.24, 2.45) is 0 Å². The summed E-state index contributed by atoms with van der Waals surface area (Å²) in [6, 6.07) is 161. The van der Waals surface area contributed by atoms with E-state index in [4.69, 9.17) is 19.5 Å². The summed E-state index contributed by atoms with van der Waals surface area (Å²) < 4.78 is 12.0. The van der Waals surface area contributed by atoms with E-state index in [0.29, 0.717) is 18.7 Å². The third-order valence-electron chi connectivity index (χ3n) is 17.9. The predicted octanol–water partition coefficient (Wildman–Crippen LogP) is 20.7. The van der Waals surface area contributed by atoms with Crippen LogP contribution in [0.1, 0.15) is 38.8 Å². The maximum atomic E-state index is 8.76. The molecule has 0 aromatic heterocycles. The fourth-order valence-corrected chi connectivity index (χ4v) is 22.4. The second kappa shape index (κ2) is 51.2. The summed E-state index contributed by atoms with van der Waals surface area (Å²) >= 11 is 2.36. The minimum absolute atomic E-state index is 0. The molecular weight excluding hydrogens is 1680 g/mol. The van der Waals surface area contributed by atoms with Crippen molar-refractivity contribution in [3.8, 4) is 22.6 Å². The smallest absolute Gasteiger partial charge is 0.488 e. The fourth-order valence-electron chi connectivity index (χ4n) is 12.4. The first-order valence-electron chi connectivity index (χ1n) is 38.7. The van der Waals surface area contributed by atoms with E-state index in [9.17, 15) is 0 Å². The average molecular weight is 1780 g/mol. The van der Waals surface area contributed by atoms with E-state index in [1.165, 1.54) is 89.5 Å². The first-order chi connectivity index (χ1) is 56.2. The van der Waals surface area contributed by atoms with Crippen LogP contribution in [0.15, 0.2) is 461 Å². The maximum Gasteiger partial charge on any atom is 0.488 e. The van der Waals surface area contributed by atoms with Crippen LogP contribution in [0.3, 0.4) is 0 Å². The standard InChI is InChI=1S/4C18H15P.C16H18O.C8H11BO3.C8H9I.Pd/c4*1-4-10-16(11-5-1)19(17-12-6-2-7-13-17)18-14-8-3-9-15-18;1-3-13-7-5-6-8-16(13)14-9-11-15(12-10-14)17-4-2;1-2-12-8-5-3-7(4-6-8)9(10)11;1-2-7-5-3-4-6-8(7)9;/h4*1-15H;5-12H,3-4H2,1-2H3;3-6,10-11H,2H2,1H3;3-6H,2H2,1H3;. The van der Waals surface area contributed by atoms with Crippen molar-refractivity contribution in [3.05, 3.63) is 476 Å². The summed E-state index contributed by atoms with van der Waals surface area (Å²) in [7, 11) is -3.19. The van der Waals surface area contributed by atoms with Gasteiger partial charge in [-0.05, 0) is 203 Å². The van der Waals surface area contributed by atoms with Crippen LogP contribution >= 0.6 is 54.3 Å². The van der Waals surface area contributed by atoms with Gasteiger partial charge in [-0.1, -0.05) is 445 Å². The normalized spacial score (nSPS) is 10.3. The molecule has 115 heavy (non-hydrogen) atoms. The molecule has 578 valence electrons. The molecule has 0 saturated carbocycles. The van der Waals surface area contributed by atoms with Crippen LogP contribution in [0.5, 0.6) is 11.5 Å². The number of halogens is 1. The zero-order valence-corrected chi connectivity index (χ0v) is 72.8. The quantitative estimate of drug-likeness (QED) is 0.0454. The molecular formula is C104H98BIO4P4Pd. The van der Waals surface area contributed by atoms with Crippen molar-refractivity contribution in [2.45, 2.75) is 40.5 Å². The van der Waals surface area contributed by atoms with Gasteiger partial charge in [0.15, 0.2) is 0 Å². The van der Waals surface area contributed by atoms with E-state index in [-0.39, 0.29) is 20.4 Å². The summed E-state index contributed by atoms with van der Waals surface area (Å²) in [5.74, 6) is 1.67. The van der Waals surface area contributed by atoms with Gasteiger partial charge in [-0.2, -0.15) is 0 Å². The Bertz CT molecular complexity index is 4360. The molecule has 0 bridgehead atoms. The van der Waals surface area contributed by atoms with E-state index < -0.39 is 38.8 Å².